The molecule has 0 fully saturated rings. The Labute approximate surface area is 205 Å². The summed E-state index contributed by atoms with van der Waals surface area (Å²) in [5.41, 5.74) is 6.09. The molecule has 0 aliphatic carbocycles. The van der Waals surface area contributed by atoms with Crippen LogP contribution >= 0.6 is 0 Å². The molecule has 1 N–H and O–H groups in total. The van der Waals surface area contributed by atoms with E-state index in [0.717, 1.165) is 33.9 Å². The number of hydrogen-bond acceptors (Lipinski definition) is 4. The van der Waals surface area contributed by atoms with E-state index in [1.807, 2.05) is 79.7 Å². The highest BCUT2D eigenvalue weighted by atomic mass is 19.1. The zero-order valence-electron chi connectivity index (χ0n) is 19.5. The summed E-state index contributed by atoms with van der Waals surface area (Å²) >= 11 is 0. The number of aromatic nitrogens is 6. The Hall–Kier alpha value is -4.79. The van der Waals surface area contributed by atoms with Crippen LogP contribution in [-0.2, 0) is 14.1 Å². The highest BCUT2D eigenvalue weighted by Crippen LogP contribution is 2.32. The normalized spacial score (nSPS) is 11.3. The molecule has 3 aromatic heterocycles. The van der Waals surface area contributed by atoms with Gasteiger partial charge in [-0.15, -0.1) is 0 Å². The van der Waals surface area contributed by atoms with Gasteiger partial charge in [-0.2, -0.15) is 10.2 Å². The summed E-state index contributed by atoms with van der Waals surface area (Å²) in [4.78, 5) is 4.61. The summed E-state index contributed by atoms with van der Waals surface area (Å²) in [6, 6.07) is 17.1. The number of halogens is 2. The molecule has 3 aromatic carbocycles. The second-order valence-electron chi connectivity index (χ2n) is 8.61. The smallest absolute Gasteiger partial charge is 0.152 e. The highest BCUT2D eigenvalue weighted by molar-refractivity contribution is 5.84. The van der Waals surface area contributed by atoms with Gasteiger partial charge in [0.1, 0.15) is 18.0 Å². The SMILES string of the molecule is Cn1cc(-c2ccc3c(c2)ncn3-c2cc(Nc3ccn(C)n3)cc(-c3ccc(F)cc3F)c2)cn1. The van der Waals surface area contributed by atoms with E-state index in [1.165, 1.54) is 12.1 Å². The topological polar surface area (TPSA) is 65.5 Å². The van der Waals surface area contributed by atoms with Gasteiger partial charge in [-0.1, -0.05) is 6.07 Å². The average molecular weight is 482 g/mol. The lowest BCUT2D eigenvalue weighted by atomic mass is 10.0. The van der Waals surface area contributed by atoms with Crippen LogP contribution in [0, 0.1) is 11.6 Å². The van der Waals surface area contributed by atoms with Crippen LogP contribution in [0.15, 0.2) is 85.6 Å². The molecule has 0 bridgehead atoms. The first-order chi connectivity index (χ1) is 17.4. The van der Waals surface area contributed by atoms with Gasteiger partial charge in [0.2, 0.25) is 0 Å². The summed E-state index contributed by atoms with van der Waals surface area (Å²) < 4.78 is 33.7. The Morgan fingerprint density at radius 1 is 0.833 bits per heavy atom. The van der Waals surface area contributed by atoms with E-state index in [-0.39, 0.29) is 0 Å². The number of nitrogens with one attached hydrogen (secondary N) is 1. The molecule has 3 heterocycles. The van der Waals surface area contributed by atoms with Crippen molar-refractivity contribution in [1.29, 1.82) is 0 Å². The second kappa shape index (κ2) is 8.46. The number of imidazole rings is 1. The number of rotatable bonds is 5. The summed E-state index contributed by atoms with van der Waals surface area (Å²) in [7, 11) is 3.71. The molecule has 0 unspecified atom stereocenters. The molecule has 0 atom stereocenters. The minimum atomic E-state index is -0.632. The van der Waals surface area contributed by atoms with Gasteiger partial charge in [-0.25, -0.2) is 13.8 Å². The quantitative estimate of drug-likeness (QED) is 0.336. The van der Waals surface area contributed by atoms with E-state index in [1.54, 1.807) is 15.7 Å². The maximum Gasteiger partial charge on any atom is 0.152 e. The molecule has 9 heteroatoms. The van der Waals surface area contributed by atoms with Crippen LogP contribution in [-0.4, -0.2) is 29.1 Å². The lowest BCUT2D eigenvalue weighted by molar-refractivity contribution is 0.585. The fraction of sp³-hybridized carbons (Fsp3) is 0.0741. The van der Waals surface area contributed by atoms with Gasteiger partial charge in [-0.3, -0.25) is 13.9 Å². The van der Waals surface area contributed by atoms with E-state index in [2.05, 4.69) is 20.5 Å². The van der Waals surface area contributed by atoms with Crippen molar-refractivity contribution in [2.75, 3.05) is 5.32 Å². The van der Waals surface area contributed by atoms with Crippen LogP contribution in [0.25, 0.3) is 39.0 Å². The standard InChI is InChI=1S/C27H21F2N7/c1-34-8-7-27(33-34)32-21-9-18(23-5-4-20(28)12-24(23)29)10-22(13-21)36-16-30-25-11-17(3-6-26(25)36)19-14-31-35(2)15-19/h3-16H,1-2H3,(H,32,33). The molecule has 178 valence electrons. The molecule has 0 saturated heterocycles. The van der Waals surface area contributed by atoms with Crippen LogP contribution in [0.3, 0.4) is 0 Å². The van der Waals surface area contributed by atoms with Crippen molar-refractivity contribution in [2.45, 2.75) is 0 Å². The van der Waals surface area contributed by atoms with Crippen molar-refractivity contribution in [1.82, 2.24) is 29.1 Å². The third-order valence-corrected chi connectivity index (χ3v) is 6.01. The van der Waals surface area contributed by atoms with Gasteiger partial charge in [0.15, 0.2) is 5.82 Å². The monoisotopic (exact) mass is 481 g/mol. The molecule has 0 aliphatic rings. The van der Waals surface area contributed by atoms with Gasteiger partial charge in [0.25, 0.3) is 0 Å². The molecule has 0 saturated carbocycles. The average Bonchev–Trinajstić information content (AvgIpc) is 3.58. The molecule has 36 heavy (non-hydrogen) atoms. The van der Waals surface area contributed by atoms with Crippen molar-refractivity contribution in [2.24, 2.45) is 14.1 Å². The summed E-state index contributed by atoms with van der Waals surface area (Å²) in [6.07, 6.45) is 7.33. The zero-order chi connectivity index (χ0) is 24.8. The van der Waals surface area contributed by atoms with Crippen LogP contribution < -0.4 is 5.32 Å². The lowest BCUT2D eigenvalue weighted by Crippen LogP contribution is -1.99. The first-order valence-corrected chi connectivity index (χ1v) is 11.3. The third kappa shape index (κ3) is 4.00. The van der Waals surface area contributed by atoms with E-state index in [9.17, 15) is 8.78 Å². The summed E-state index contributed by atoms with van der Waals surface area (Å²) in [5.74, 6) is -0.603. The fourth-order valence-electron chi connectivity index (χ4n) is 4.30. The molecule has 0 spiro atoms. The van der Waals surface area contributed by atoms with Gasteiger partial charge in [-0.05, 0) is 53.6 Å². The fourth-order valence-corrected chi connectivity index (χ4v) is 4.30. The number of anilines is 2. The Balaban J connectivity index is 1.47. The zero-order valence-corrected chi connectivity index (χ0v) is 19.5. The Kier molecular flexibility index (Phi) is 5.10. The first kappa shape index (κ1) is 21.7. The Morgan fingerprint density at radius 2 is 1.72 bits per heavy atom. The molecule has 0 amide bonds. The number of benzene rings is 3. The van der Waals surface area contributed by atoms with Gasteiger partial charge < -0.3 is 5.32 Å². The van der Waals surface area contributed by atoms with Crippen LogP contribution in [0.5, 0.6) is 0 Å². The minimum Gasteiger partial charge on any atom is -0.339 e. The molecule has 6 aromatic rings. The van der Waals surface area contributed by atoms with Crippen LogP contribution in [0.1, 0.15) is 0 Å². The predicted octanol–water partition coefficient (Wildman–Crippen LogP) is 5.85. The largest absolute Gasteiger partial charge is 0.339 e. The molecule has 6 rings (SSSR count). The molecule has 0 radical (unpaired) electrons. The van der Waals surface area contributed by atoms with Gasteiger partial charge in [0.05, 0.1) is 17.2 Å². The van der Waals surface area contributed by atoms with E-state index in [0.29, 0.717) is 22.6 Å². The minimum absolute atomic E-state index is 0.297. The predicted molar refractivity (Wildman–Crippen MR) is 135 cm³/mol. The second-order valence-corrected chi connectivity index (χ2v) is 8.61. The Morgan fingerprint density at radius 3 is 2.47 bits per heavy atom. The van der Waals surface area contributed by atoms with Crippen molar-refractivity contribution in [3.05, 3.63) is 97.2 Å². The van der Waals surface area contributed by atoms with Crippen molar-refractivity contribution >= 4 is 22.5 Å². The lowest BCUT2D eigenvalue weighted by Gasteiger charge is -2.13. The maximum atomic E-state index is 14.7. The van der Waals surface area contributed by atoms with Crippen molar-refractivity contribution in [3.63, 3.8) is 0 Å². The van der Waals surface area contributed by atoms with E-state index < -0.39 is 11.6 Å². The van der Waals surface area contributed by atoms with Crippen molar-refractivity contribution in [3.8, 4) is 27.9 Å². The van der Waals surface area contributed by atoms with E-state index in [4.69, 9.17) is 0 Å². The molecular weight excluding hydrogens is 460 g/mol. The molecular formula is C27H21F2N7. The number of hydrogen-bond donors (Lipinski definition) is 1. The molecule has 0 aliphatic heterocycles. The summed E-state index contributed by atoms with van der Waals surface area (Å²) in [5, 5.41) is 11.9. The van der Waals surface area contributed by atoms with Crippen LogP contribution in [0.4, 0.5) is 20.3 Å². The van der Waals surface area contributed by atoms with Gasteiger partial charge in [0, 0.05) is 61.1 Å². The van der Waals surface area contributed by atoms with Crippen LogP contribution in [0.2, 0.25) is 0 Å². The number of aryl methyl sites for hydroxylation is 2. The summed E-state index contributed by atoms with van der Waals surface area (Å²) in [6.45, 7) is 0. The third-order valence-electron chi connectivity index (χ3n) is 6.01. The van der Waals surface area contributed by atoms with Gasteiger partial charge >= 0.3 is 0 Å². The molecule has 7 nitrogen and oxygen atoms in total. The highest BCUT2D eigenvalue weighted by Gasteiger charge is 2.13. The van der Waals surface area contributed by atoms with Crippen molar-refractivity contribution < 1.29 is 8.78 Å². The number of nitrogens with zero attached hydrogens (tertiary/aromatic N) is 6. The first-order valence-electron chi connectivity index (χ1n) is 11.3. The maximum absolute atomic E-state index is 14.7. The van der Waals surface area contributed by atoms with E-state index >= 15 is 0 Å². The Bertz CT molecular complexity index is 1730. The number of fused-ring (bicyclic) bond motifs is 1.